The van der Waals surface area contributed by atoms with Gasteiger partial charge >= 0.3 is 6.09 Å². The molecule has 0 aliphatic heterocycles. The van der Waals surface area contributed by atoms with Crippen LogP contribution in [0.15, 0.2) is 36.4 Å². The largest absolute Gasteiger partial charge is 0.417 e. The van der Waals surface area contributed by atoms with Gasteiger partial charge in [-0.25, -0.2) is 4.79 Å². The predicted octanol–water partition coefficient (Wildman–Crippen LogP) is 6.56. The quantitative estimate of drug-likeness (QED) is 0.648. The van der Waals surface area contributed by atoms with Gasteiger partial charge in [0.2, 0.25) is 0 Å². The highest BCUT2D eigenvalue weighted by molar-refractivity contribution is 6.42. The molecular weight excluding hydrogens is 357 g/mol. The first-order valence-electron chi connectivity index (χ1n) is 6.91. The van der Waals surface area contributed by atoms with Crippen LogP contribution in [-0.4, -0.2) is 6.09 Å². The number of carbonyl (C=O) groups is 1. The molecule has 2 aromatic rings. The van der Waals surface area contributed by atoms with Crippen molar-refractivity contribution in [2.45, 2.75) is 26.2 Å². The molecule has 0 aliphatic carbocycles. The molecule has 6 heteroatoms. The lowest BCUT2D eigenvalue weighted by atomic mass is 9.87. The number of rotatable bonds is 2. The van der Waals surface area contributed by atoms with E-state index in [1.54, 1.807) is 24.3 Å². The Morgan fingerprint density at radius 1 is 0.957 bits per heavy atom. The third-order valence-corrected chi connectivity index (χ3v) is 4.20. The summed E-state index contributed by atoms with van der Waals surface area (Å²) in [7, 11) is 0. The average molecular weight is 373 g/mol. The number of benzene rings is 2. The van der Waals surface area contributed by atoms with Gasteiger partial charge in [0.1, 0.15) is 0 Å². The zero-order chi connectivity index (χ0) is 17.2. The number of hydrogen-bond acceptors (Lipinski definition) is 2. The molecule has 0 saturated carbocycles. The maximum Gasteiger partial charge on any atom is 0.417 e. The fourth-order valence-electron chi connectivity index (χ4n) is 1.87. The van der Waals surface area contributed by atoms with Gasteiger partial charge in [0.15, 0.2) is 5.75 Å². The zero-order valence-electron chi connectivity index (χ0n) is 12.9. The van der Waals surface area contributed by atoms with Gasteiger partial charge in [-0.1, -0.05) is 61.6 Å². The Kier molecular flexibility index (Phi) is 5.45. The smallest absolute Gasteiger partial charge is 0.409 e. The Labute approximate surface area is 150 Å². The Morgan fingerprint density at radius 3 is 2.22 bits per heavy atom. The van der Waals surface area contributed by atoms with E-state index in [1.807, 2.05) is 6.07 Å². The van der Waals surface area contributed by atoms with E-state index in [9.17, 15) is 4.79 Å². The van der Waals surface area contributed by atoms with Gasteiger partial charge in [0.25, 0.3) is 0 Å². The van der Waals surface area contributed by atoms with E-state index < -0.39 is 6.09 Å². The SMILES string of the molecule is CC(C)(C)c1ccc(OC(=O)Nc2ccc(Cl)c(Cl)c2)c(Cl)c1. The normalized spacial score (nSPS) is 11.2. The zero-order valence-corrected chi connectivity index (χ0v) is 15.2. The van der Waals surface area contributed by atoms with Crippen molar-refractivity contribution in [1.29, 1.82) is 0 Å². The second-order valence-corrected chi connectivity index (χ2v) is 7.26. The number of ether oxygens (including phenoxy) is 1. The Balaban J connectivity index is 2.09. The van der Waals surface area contributed by atoms with Gasteiger partial charge in [-0.2, -0.15) is 0 Å². The van der Waals surface area contributed by atoms with Crippen molar-refractivity contribution in [3.8, 4) is 5.75 Å². The van der Waals surface area contributed by atoms with Crippen molar-refractivity contribution in [1.82, 2.24) is 0 Å². The van der Waals surface area contributed by atoms with E-state index in [1.165, 1.54) is 6.07 Å². The molecule has 0 radical (unpaired) electrons. The van der Waals surface area contributed by atoms with Crippen LogP contribution in [-0.2, 0) is 5.41 Å². The fourth-order valence-corrected chi connectivity index (χ4v) is 2.38. The minimum absolute atomic E-state index is 0.0372. The highest BCUT2D eigenvalue weighted by Crippen LogP contribution is 2.31. The molecule has 1 N–H and O–H groups in total. The van der Waals surface area contributed by atoms with Crippen molar-refractivity contribution in [3.05, 3.63) is 57.0 Å². The van der Waals surface area contributed by atoms with Crippen LogP contribution in [0.2, 0.25) is 15.1 Å². The van der Waals surface area contributed by atoms with Crippen LogP contribution in [0.25, 0.3) is 0 Å². The average Bonchev–Trinajstić information content (AvgIpc) is 2.44. The van der Waals surface area contributed by atoms with Crippen molar-refractivity contribution in [2.24, 2.45) is 0 Å². The molecule has 3 nitrogen and oxygen atoms in total. The number of anilines is 1. The molecule has 23 heavy (non-hydrogen) atoms. The second kappa shape index (κ2) is 7.00. The van der Waals surface area contributed by atoms with E-state index >= 15 is 0 Å². The summed E-state index contributed by atoms with van der Waals surface area (Å²) < 4.78 is 5.23. The lowest BCUT2D eigenvalue weighted by molar-refractivity contribution is 0.215. The lowest BCUT2D eigenvalue weighted by Gasteiger charge is -2.19. The van der Waals surface area contributed by atoms with Gasteiger partial charge in [-0.3, -0.25) is 5.32 Å². The van der Waals surface area contributed by atoms with E-state index in [4.69, 9.17) is 39.5 Å². The molecule has 0 unspecified atom stereocenters. The first-order valence-corrected chi connectivity index (χ1v) is 8.04. The molecule has 0 aliphatic rings. The highest BCUT2D eigenvalue weighted by atomic mass is 35.5. The molecule has 122 valence electrons. The molecule has 0 spiro atoms. The summed E-state index contributed by atoms with van der Waals surface area (Å²) >= 11 is 17.9. The molecule has 0 atom stereocenters. The van der Waals surface area contributed by atoms with E-state index in [0.29, 0.717) is 20.8 Å². The molecule has 1 amide bonds. The van der Waals surface area contributed by atoms with E-state index in [2.05, 4.69) is 26.1 Å². The second-order valence-electron chi connectivity index (χ2n) is 6.04. The summed E-state index contributed by atoms with van der Waals surface area (Å²) in [5.74, 6) is 0.289. The Morgan fingerprint density at radius 2 is 1.65 bits per heavy atom. The highest BCUT2D eigenvalue weighted by Gasteiger charge is 2.16. The van der Waals surface area contributed by atoms with Crippen LogP contribution in [0.4, 0.5) is 10.5 Å². The van der Waals surface area contributed by atoms with Crippen LogP contribution >= 0.6 is 34.8 Å². The van der Waals surface area contributed by atoms with Gasteiger partial charge in [0, 0.05) is 5.69 Å². The summed E-state index contributed by atoms with van der Waals surface area (Å²) in [5.41, 5.74) is 1.50. The molecule has 0 saturated heterocycles. The topological polar surface area (TPSA) is 38.3 Å². The van der Waals surface area contributed by atoms with Crippen molar-refractivity contribution < 1.29 is 9.53 Å². The van der Waals surface area contributed by atoms with Crippen molar-refractivity contribution in [3.63, 3.8) is 0 Å². The minimum Gasteiger partial charge on any atom is -0.409 e. The molecule has 0 bridgehead atoms. The van der Waals surface area contributed by atoms with Gasteiger partial charge in [-0.15, -0.1) is 0 Å². The van der Waals surface area contributed by atoms with Crippen molar-refractivity contribution >= 4 is 46.6 Å². The van der Waals surface area contributed by atoms with Crippen LogP contribution in [0.5, 0.6) is 5.75 Å². The Hall–Kier alpha value is -1.42. The van der Waals surface area contributed by atoms with Gasteiger partial charge in [-0.05, 0) is 41.3 Å². The summed E-state index contributed by atoms with van der Waals surface area (Å²) in [6, 6.07) is 10.1. The first-order chi connectivity index (χ1) is 10.7. The van der Waals surface area contributed by atoms with Crippen LogP contribution in [0.3, 0.4) is 0 Å². The molecule has 0 heterocycles. The third-order valence-electron chi connectivity index (χ3n) is 3.17. The van der Waals surface area contributed by atoms with Crippen LogP contribution < -0.4 is 10.1 Å². The molecule has 2 aromatic carbocycles. The number of hydrogen-bond donors (Lipinski definition) is 1. The number of halogens is 3. The third kappa shape index (κ3) is 4.77. The number of nitrogens with one attached hydrogen (secondary N) is 1. The summed E-state index contributed by atoms with van der Waals surface area (Å²) in [4.78, 5) is 11.9. The lowest BCUT2D eigenvalue weighted by Crippen LogP contribution is -2.17. The first kappa shape index (κ1) is 17.9. The monoisotopic (exact) mass is 371 g/mol. The van der Waals surface area contributed by atoms with E-state index in [-0.39, 0.29) is 11.2 Å². The standard InChI is InChI=1S/C17H16Cl3NO2/c1-17(2,3)10-4-7-15(14(20)8-10)23-16(22)21-11-5-6-12(18)13(19)9-11/h4-9H,1-3H3,(H,21,22). The number of carbonyl (C=O) groups excluding carboxylic acids is 1. The molecular formula is C17H16Cl3NO2. The molecule has 0 fully saturated rings. The molecule has 2 rings (SSSR count). The van der Waals surface area contributed by atoms with Crippen LogP contribution in [0, 0.1) is 0 Å². The summed E-state index contributed by atoms with van der Waals surface area (Å²) in [6.45, 7) is 6.24. The van der Waals surface area contributed by atoms with Gasteiger partial charge in [0.05, 0.1) is 15.1 Å². The van der Waals surface area contributed by atoms with Crippen molar-refractivity contribution in [2.75, 3.05) is 5.32 Å². The summed E-state index contributed by atoms with van der Waals surface area (Å²) in [6.07, 6.45) is -0.659. The molecule has 0 aromatic heterocycles. The maximum atomic E-state index is 11.9. The van der Waals surface area contributed by atoms with Crippen LogP contribution in [0.1, 0.15) is 26.3 Å². The fraction of sp³-hybridized carbons (Fsp3) is 0.235. The minimum atomic E-state index is -0.659. The maximum absolute atomic E-state index is 11.9. The number of amides is 1. The Bertz CT molecular complexity index is 739. The van der Waals surface area contributed by atoms with Gasteiger partial charge < -0.3 is 4.74 Å². The summed E-state index contributed by atoms with van der Waals surface area (Å²) in [5, 5.41) is 3.70. The van der Waals surface area contributed by atoms with E-state index in [0.717, 1.165) is 5.56 Å². The predicted molar refractivity (Wildman–Crippen MR) is 96.3 cm³/mol.